The number of hydrogen-bond donors (Lipinski definition) is 2. The molecule has 4 nitrogen and oxygen atoms in total. The molecule has 0 saturated carbocycles. The van der Waals surface area contributed by atoms with Gasteiger partial charge in [0.25, 0.3) is 0 Å². The fourth-order valence-electron chi connectivity index (χ4n) is 2.80. The Balaban J connectivity index is 1.85. The second-order valence-electron chi connectivity index (χ2n) is 6.34. The molecule has 0 aliphatic carbocycles. The van der Waals surface area contributed by atoms with Crippen LogP contribution in [0.1, 0.15) is 25.0 Å². The van der Waals surface area contributed by atoms with E-state index in [2.05, 4.69) is 28.0 Å². The minimum absolute atomic E-state index is 0.603. The lowest BCUT2D eigenvalue weighted by Gasteiger charge is -2.37. The van der Waals surface area contributed by atoms with Gasteiger partial charge in [-0.1, -0.05) is 24.3 Å². The number of nitrogens with two attached hydrogens (primary N) is 1. The van der Waals surface area contributed by atoms with Crippen LogP contribution in [0.5, 0.6) is 0 Å². The molecule has 0 radical (unpaired) electrons. The number of nitrogens with zero attached hydrogens (tertiary/aromatic N) is 2. The average Bonchev–Trinajstić information content (AvgIpc) is 2.40. The number of β-amino-alcohol motifs (C(OH)–C–C–N with tert-alkyl or cyclic N) is 1. The zero-order valence-electron chi connectivity index (χ0n) is 12.7. The van der Waals surface area contributed by atoms with Crippen LogP contribution in [-0.2, 0) is 13.1 Å². The highest BCUT2D eigenvalue weighted by molar-refractivity contribution is 5.26. The number of hydrogen-bond acceptors (Lipinski definition) is 4. The van der Waals surface area contributed by atoms with Crippen LogP contribution in [-0.4, -0.2) is 53.2 Å². The van der Waals surface area contributed by atoms with Gasteiger partial charge < -0.3 is 10.8 Å². The number of aliphatic hydroxyl groups is 1. The summed E-state index contributed by atoms with van der Waals surface area (Å²) in [4.78, 5) is 4.81. The molecule has 0 bridgehead atoms. The van der Waals surface area contributed by atoms with Gasteiger partial charge in [0.1, 0.15) is 0 Å². The van der Waals surface area contributed by atoms with Gasteiger partial charge in [0, 0.05) is 45.8 Å². The molecule has 0 amide bonds. The normalized spacial score (nSPS) is 18.4. The molecule has 1 saturated heterocycles. The summed E-state index contributed by atoms with van der Waals surface area (Å²) < 4.78 is 0. The molecule has 112 valence electrons. The van der Waals surface area contributed by atoms with E-state index in [1.165, 1.54) is 11.1 Å². The van der Waals surface area contributed by atoms with Crippen LogP contribution < -0.4 is 5.73 Å². The Morgan fingerprint density at radius 3 is 2.15 bits per heavy atom. The molecule has 1 fully saturated rings. The van der Waals surface area contributed by atoms with E-state index < -0.39 is 5.60 Å². The van der Waals surface area contributed by atoms with Crippen molar-refractivity contribution < 1.29 is 5.11 Å². The highest BCUT2D eigenvalue weighted by atomic mass is 16.3. The van der Waals surface area contributed by atoms with Crippen molar-refractivity contribution >= 4 is 0 Å². The molecule has 0 unspecified atom stereocenters. The van der Waals surface area contributed by atoms with E-state index in [1.807, 2.05) is 19.9 Å². The number of piperazine rings is 1. The van der Waals surface area contributed by atoms with Crippen molar-refractivity contribution in [2.75, 3.05) is 32.7 Å². The van der Waals surface area contributed by atoms with Gasteiger partial charge in [0.05, 0.1) is 5.60 Å². The van der Waals surface area contributed by atoms with Crippen LogP contribution in [0.3, 0.4) is 0 Å². The van der Waals surface area contributed by atoms with E-state index in [4.69, 9.17) is 5.73 Å². The topological polar surface area (TPSA) is 52.7 Å². The molecule has 0 spiro atoms. The fraction of sp³-hybridized carbons (Fsp3) is 0.625. The van der Waals surface area contributed by atoms with Gasteiger partial charge >= 0.3 is 0 Å². The molecule has 20 heavy (non-hydrogen) atoms. The molecule has 0 atom stereocenters. The molecular weight excluding hydrogens is 250 g/mol. The summed E-state index contributed by atoms with van der Waals surface area (Å²) >= 11 is 0. The first kappa shape index (κ1) is 15.4. The first-order valence-corrected chi connectivity index (χ1v) is 7.42. The maximum absolute atomic E-state index is 9.87. The summed E-state index contributed by atoms with van der Waals surface area (Å²) in [6, 6.07) is 8.41. The zero-order valence-corrected chi connectivity index (χ0v) is 12.7. The predicted octanol–water partition coefficient (Wildman–Crippen LogP) is 1.03. The van der Waals surface area contributed by atoms with Gasteiger partial charge in [-0.3, -0.25) is 9.80 Å². The van der Waals surface area contributed by atoms with Crippen LogP contribution in [0.25, 0.3) is 0 Å². The molecule has 1 aromatic carbocycles. The Morgan fingerprint density at radius 2 is 1.60 bits per heavy atom. The lowest BCUT2D eigenvalue weighted by Crippen LogP contribution is -2.50. The summed E-state index contributed by atoms with van der Waals surface area (Å²) in [5.74, 6) is 0. The lowest BCUT2D eigenvalue weighted by molar-refractivity contribution is 0.0166. The fourth-order valence-corrected chi connectivity index (χ4v) is 2.80. The molecule has 1 heterocycles. The van der Waals surface area contributed by atoms with E-state index in [0.29, 0.717) is 6.54 Å². The molecular formula is C16H27N3O. The molecule has 1 aliphatic rings. The van der Waals surface area contributed by atoms with E-state index in [1.54, 1.807) is 0 Å². The SMILES string of the molecule is CC(C)(O)CN1CCN(Cc2ccccc2CN)CC1. The van der Waals surface area contributed by atoms with Crippen LogP contribution >= 0.6 is 0 Å². The minimum atomic E-state index is -0.603. The highest BCUT2D eigenvalue weighted by Gasteiger charge is 2.22. The predicted molar refractivity (Wildman–Crippen MR) is 82.3 cm³/mol. The van der Waals surface area contributed by atoms with Crippen LogP contribution in [0.2, 0.25) is 0 Å². The Labute approximate surface area is 122 Å². The van der Waals surface area contributed by atoms with Crippen LogP contribution in [0, 0.1) is 0 Å². The summed E-state index contributed by atoms with van der Waals surface area (Å²) in [5, 5.41) is 9.87. The number of benzene rings is 1. The third-order valence-corrected chi connectivity index (χ3v) is 3.81. The molecule has 0 aromatic heterocycles. The summed E-state index contributed by atoms with van der Waals surface area (Å²) in [6.45, 7) is 10.2. The van der Waals surface area contributed by atoms with Gasteiger partial charge in [-0.15, -0.1) is 0 Å². The van der Waals surface area contributed by atoms with E-state index in [0.717, 1.165) is 39.3 Å². The third-order valence-electron chi connectivity index (χ3n) is 3.81. The summed E-state index contributed by atoms with van der Waals surface area (Å²) in [7, 11) is 0. The lowest BCUT2D eigenvalue weighted by atomic mass is 10.1. The van der Waals surface area contributed by atoms with Crippen molar-refractivity contribution in [3.05, 3.63) is 35.4 Å². The summed E-state index contributed by atoms with van der Waals surface area (Å²) in [6.07, 6.45) is 0. The summed E-state index contributed by atoms with van der Waals surface area (Å²) in [5.41, 5.74) is 7.77. The first-order valence-electron chi connectivity index (χ1n) is 7.42. The molecule has 3 N–H and O–H groups in total. The van der Waals surface area contributed by atoms with Crippen molar-refractivity contribution in [3.63, 3.8) is 0 Å². The first-order chi connectivity index (χ1) is 9.48. The molecule has 4 heteroatoms. The zero-order chi connectivity index (χ0) is 14.6. The maximum Gasteiger partial charge on any atom is 0.0718 e. The van der Waals surface area contributed by atoms with E-state index in [9.17, 15) is 5.11 Å². The highest BCUT2D eigenvalue weighted by Crippen LogP contribution is 2.14. The average molecular weight is 277 g/mol. The Morgan fingerprint density at radius 1 is 1.05 bits per heavy atom. The maximum atomic E-state index is 9.87. The smallest absolute Gasteiger partial charge is 0.0718 e. The molecule has 1 aliphatic heterocycles. The number of rotatable bonds is 5. The van der Waals surface area contributed by atoms with Gasteiger partial charge in [-0.25, -0.2) is 0 Å². The van der Waals surface area contributed by atoms with Crippen molar-refractivity contribution in [3.8, 4) is 0 Å². The monoisotopic (exact) mass is 277 g/mol. The quantitative estimate of drug-likeness (QED) is 0.844. The Bertz CT molecular complexity index is 420. The van der Waals surface area contributed by atoms with Gasteiger partial charge in [0.2, 0.25) is 0 Å². The second kappa shape index (κ2) is 6.68. The Hall–Kier alpha value is -0.940. The van der Waals surface area contributed by atoms with E-state index >= 15 is 0 Å². The van der Waals surface area contributed by atoms with Crippen molar-refractivity contribution in [1.29, 1.82) is 0 Å². The van der Waals surface area contributed by atoms with Gasteiger partial charge in [0.15, 0.2) is 0 Å². The van der Waals surface area contributed by atoms with Crippen LogP contribution in [0.15, 0.2) is 24.3 Å². The van der Waals surface area contributed by atoms with Crippen molar-refractivity contribution in [2.45, 2.75) is 32.5 Å². The minimum Gasteiger partial charge on any atom is -0.389 e. The second-order valence-corrected chi connectivity index (χ2v) is 6.34. The molecule has 1 aromatic rings. The third kappa shape index (κ3) is 4.56. The molecule has 2 rings (SSSR count). The largest absolute Gasteiger partial charge is 0.389 e. The van der Waals surface area contributed by atoms with Crippen molar-refractivity contribution in [2.24, 2.45) is 5.73 Å². The standard InChI is InChI=1S/C16H27N3O/c1-16(2,20)13-19-9-7-18(8-10-19)12-15-6-4-3-5-14(15)11-17/h3-6,20H,7-13,17H2,1-2H3. The van der Waals surface area contributed by atoms with Gasteiger partial charge in [-0.2, -0.15) is 0 Å². The van der Waals surface area contributed by atoms with Gasteiger partial charge in [-0.05, 0) is 25.0 Å². The van der Waals surface area contributed by atoms with E-state index in [-0.39, 0.29) is 0 Å². The van der Waals surface area contributed by atoms with Crippen LogP contribution in [0.4, 0.5) is 0 Å². The van der Waals surface area contributed by atoms with Crippen molar-refractivity contribution in [1.82, 2.24) is 9.80 Å². The Kier molecular flexibility index (Phi) is 5.16.